The molecule has 0 aromatic rings. The van der Waals surface area contributed by atoms with Gasteiger partial charge in [-0.15, -0.1) is 0 Å². The van der Waals surface area contributed by atoms with E-state index in [4.69, 9.17) is 16.7 Å². The maximum atomic E-state index is 10.1. The Labute approximate surface area is 88.4 Å². The first kappa shape index (κ1) is 11.5. The van der Waals surface area contributed by atoms with Crippen LogP contribution >= 0.6 is 11.6 Å². The third kappa shape index (κ3) is 6.89. The number of rotatable bonds is 4. The lowest BCUT2D eigenvalue weighted by Crippen LogP contribution is -1.93. The molecule has 0 aromatic carbocycles. The lowest BCUT2D eigenvalue weighted by Gasteiger charge is -1.82. The number of carboxylic acid groups (broad SMARTS) is 1. The largest absolute Gasteiger partial charge is 0.481 e. The Kier molecular flexibility index (Phi) is 4.39. The van der Waals surface area contributed by atoms with E-state index in [1.165, 1.54) is 12.8 Å². The van der Waals surface area contributed by atoms with E-state index < -0.39 is 5.97 Å². The maximum absolute atomic E-state index is 10.1. The molecular formula is C10H15ClO3. The highest BCUT2D eigenvalue weighted by Gasteiger charge is 2.23. The molecule has 0 aromatic heterocycles. The number of halogens is 1. The predicted molar refractivity (Wildman–Crippen MR) is 53.2 cm³/mol. The molecule has 2 aliphatic rings. The van der Waals surface area contributed by atoms with Gasteiger partial charge < -0.3 is 5.11 Å². The van der Waals surface area contributed by atoms with Gasteiger partial charge in [-0.05, 0) is 49.1 Å². The zero-order chi connectivity index (χ0) is 10.6. The predicted octanol–water partition coefficient (Wildman–Crippen LogP) is 2.42. The minimum absolute atomic E-state index is 0.178. The Morgan fingerprint density at radius 3 is 1.64 bits per heavy atom. The Morgan fingerprint density at radius 2 is 1.50 bits per heavy atom. The standard InChI is InChI=1S/C5H7ClO.C5H8O2/c2*6-5(7)3-4-1-2-4/h4H,1-3H2;4H,1-3H2,(H,6,7). The molecule has 3 nitrogen and oxygen atoms in total. The Hall–Kier alpha value is -0.570. The van der Waals surface area contributed by atoms with E-state index in [9.17, 15) is 9.59 Å². The molecule has 0 bridgehead atoms. The topological polar surface area (TPSA) is 54.4 Å². The molecule has 1 N–H and O–H groups in total. The average Bonchev–Trinajstić information content (AvgIpc) is 2.82. The highest BCUT2D eigenvalue weighted by Crippen LogP contribution is 2.32. The summed E-state index contributed by atoms with van der Waals surface area (Å²) in [6, 6.07) is 0. The van der Waals surface area contributed by atoms with E-state index in [-0.39, 0.29) is 5.24 Å². The number of carbonyl (C=O) groups is 2. The second-order valence-electron chi connectivity index (χ2n) is 4.04. The van der Waals surface area contributed by atoms with Crippen LogP contribution in [0.1, 0.15) is 38.5 Å². The van der Waals surface area contributed by atoms with Gasteiger partial charge in [0.25, 0.3) is 0 Å². The smallest absolute Gasteiger partial charge is 0.303 e. The molecule has 2 fully saturated rings. The second kappa shape index (κ2) is 5.35. The van der Waals surface area contributed by atoms with Crippen molar-refractivity contribution in [2.45, 2.75) is 38.5 Å². The minimum atomic E-state index is -0.650. The summed E-state index contributed by atoms with van der Waals surface area (Å²) >= 11 is 5.07. The van der Waals surface area contributed by atoms with E-state index in [0.717, 1.165) is 12.8 Å². The van der Waals surface area contributed by atoms with Gasteiger partial charge >= 0.3 is 5.97 Å². The first-order chi connectivity index (χ1) is 6.58. The van der Waals surface area contributed by atoms with Crippen LogP contribution < -0.4 is 0 Å². The molecule has 0 radical (unpaired) electrons. The lowest BCUT2D eigenvalue weighted by molar-refractivity contribution is -0.137. The van der Waals surface area contributed by atoms with Crippen molar-refractivity contribution in [3.8, 4) is 0 Å². The van der Waals surface area contributed by atoms with Gasteiger partial charge in [-0.25, -0.2) is 0 Å². The molecule has 0 saturated heterocycles. The van der Waals surface area contributed by atoms with Crippen LogP contribution in [0.2, 0.25) is 0 Å². The lowest BCUT2D eigenvalue weighted by atomic mass is 10.3. The summed E-state index contributed by atoms with van der Waals surface area (Å²) in [6.07, 6.45) is 5.66. The molecule has 0 unspecified atom stereocenters. The van der Waals surface area contributed by atoms with Crippen LogP contribution in [0.4, 0.5) is 0 Å². The summed E-state index contributed by atoms with van der Waals surface area (Å²) in [5.74, 6) is 0.519. The van der Waals surface area contributed by atoms with Gasteiger partial charge in [-0.3, -0.25) is 9.59 Å². The summed E-state index contributed by atoms with van der Waals surface area (Å²) in [7, 11) is 0. The number of carboxylic acids is 1. The van der Waals surface area contributed by atoms with Crippen molar-refractivity contribution in [3.63, 3.8) is 0 Å². The van der Waals surface area contributed by atoms with Crippen LogP contribution in [0.3, 0.4) is 0 Å². The molecule has 0 heterocycles. The molecule has 2 rings (SSSR count). The number of aliphatic carboxylic acids is 1. The van der Waals surface area contributed by atoms with E-state index in [1.807, 2.05) is 0 Å². The summed E-state index contributed by atoms with van der Waals surface area (Å²) in [6.45, 7) is 0. The van der Waals surface area contributed by atoms with Crippen LogP contribution in [-0.2, 0) is 9.59 Å². The van der Waals surface area contributed by atoms with E-state index in [1.54, 1.807) is 0 Å². The van der Waals surface area contributed by atoms with E-state index in [2.05, 4.69) is 0 Å². The molecule has 0 amide bonds. The van der Waals surface area contributed by atoms with Crippen molar-refractivity contribution in [3.05, 3.63) is 0 Å². The molecule has 2 aliphatic carbocycles. The van der Waals surface area contributed by atoms with Crippen molar-refractivity contribution in [1.29, 1.82) is 0 Å². The van der Waals surface area contributed by atoms with Crippen LogP contribution in [0, 0.1) is 11.8 Å². The van der Waals surface area contributed by atoms with Crippen LogP contribution in [0.25, 0.3) is 0 Å². The molecule has 0 aliphatic heterocycles. The van der Waals surface area contributed by atoms with Crippen molar-refractivity contribution in [2.75, 3.05) is 0 Å². The van der Waals surface area contributed by atoms with Gasteiger partial charge in [0, 0.05) is 12.8 Å². The summed E-state index contributed by atoms with van der Waals surface area (Å²) in [5, 5.41) is 7.95. The fourth-order valence-electron chi connectivity index (χ4n) is 1.12. The highest BCUT2D eigenvalue weighted by molar-refractivity contribution is 6.63. The molecule has 80 valence electrons. The Balaban J connectivity index is 0.000000140. The van der Waals surface area contributed by atoms with Gasteiger partial charge in [-0.2, -0.15) is 0 Å². The molecule has 4 heteroatoms. The fraction of sp³-hybridized carbons (Fsp3) is 0.800. The van der Waals surface area contributed by atoms with Crippen molar-refractivity contribution < 1.29 is 14.7 Å². The SMILES string of the molecule is O=C(Cl)CC1CC1.O=C(O)CC1CC1. The van der Waals surface area contributed by atoms with Gasteiger partial charge in [-0.1, -0.05) is 0 Å². The van der Waals surface area contributed by atoms with Crippen molar-refractivity contribution in [1.82, 2.24) is 0 Å². The fourth-order valence-corrected chi connectivity index (χ4v) is 1.34. The minimum Gasteiger partial charge on any atom is -0.481 e. The van der Waals surface area contributed by atoms with Gasteiger partial charge in [0.2, 0.25) is 5.24 Å². The summed E-state index contributed by atoms with van der Waals surface area (Å²) < 4.78 is 0. The van der Waals surface area contributed by atoms with Crippen LogP contribution in [0.5, 0.6) is 0 Å². The Bertz CT molecular complexity index is 195. The first-order valence-electron chi connectivity index (χ1n) is 4.98. The van der Waals surface area contributed by atoms with Gasteiger partial charge in [0.05, 0.1) is 0 Å². The van der Waals surface area contributed by atoms with Crippen molar-refractivity contribution in [2.24, 2.45) is 11.8 Å². The zero-order valence-electron chi connectivity index (χ0n) is 8.04. The normalized spacial score (nSPS) is 19.5. The van der Waals surface area contributed by atoms with Gasteiger partial charge in [0.15, 0.2) is 0 Å². The van der Waals surface area contributed by atoms with Crippen LogP contribution in [0.15, 0.2) is 0 Å². The average molecular weight is 219 g/mol. The van der Waals surface area contributed by atoms with Crippen LogP contribution in [-0.4, -0.2) is 16.3 Å². The zero-order valence-corrected chi connectivity index (χ0v) is 8.79. The third-order valence-electron chi connectivity index (χ3n) is 2.31. The maximum Gasteiger partial charge on any atom is 0.303 e. The molecule has 0 atom stereocenters. The second-order valence-corrected chi connectivity index (χ2v) is 4.47. The quantitative estimate of drug-likeness (QED) is 0.738. The Morgan fingerprint density at radius 1 is 1.07 bits per heavy atom. The summed E-state index contributed by atoms with van der Waals surface area (Å²) in [4.78, 5) is 19.9. The van der Waals surface area contributed by atoms with E-state index in [0.29, 0.717) is 24.7 Å². The number of hydrogen-bond donors (Lipinski definition) is 1. The molecule has 14 heavy (non-hydrogen) atoms. The van der Waals surface area contributed by atoms with Gasteiger partial charge in [0.1, 0.15) is 0 Å². The summed E-state index contributed by atoms with van der Waals surface area (Å²) in [5.41, 5.74) is 0. The molecular weight excluding hydrogens is 204 g/mol. The first-order valence-corrected chi connectivity index (χ1v) is 5.36. The monoisotopic (exact) mass is 218 g/mol. The molecule has 0 spiro atoms. The highest BCUT2D eigenvalue weighted by atomic mass is 35.5. The number of hydrogen-bond acceptors (Lipinski definition) is 2. The molecule has 2 saturated carbocycles. The van der Waals surface area contributed by atoms with E-state index >= 15 is 0 Å². The van der Waals surface area contributed by atoms with Crippen molar-refractivity contribution >= 4 is 22.8 Å². The third-order valence-corrected chi connectivity index (χ3v) is 2.46. The number of carbonyl (C=O) groups excluding carboxylic acids is 1.